The van der Waals surface area contributed by atoms with Crippen LogP contribution in [0.4, 0.5) is 16.2 Å². The lowest BCUT2D eigenvalue weighted by molar-refractivity contribution is -0.121. The lowest BCUT2D eigenvalue weighted by Crippen LogP contribution is -2.52. The van der Waals surface area contributed by atoms with Crippen molar-refractivity contribution in [2.24, 2.45) is 5.92 Å². The summed E-state index contributed by atoms with van der Waals surface area (Å²) in [4.78, 5) is 29.7. The molecule has 4 rings (SSSR count). The third-order valence-corrected chi connectivity index (χ3v) is 6.09. The van der Waals surface area contributed by atoms with Gasteiger partial charge in [0.15, 0.2) is 0 Å². The molecule has 1 saturated heterocycles. The first-order valence-electron chi connectivity index (χ1n) is 11.4. The molecule has 1 N–H and O–H groups in total. The third kappa shape index (κ3) is 4.82. The summed E-state index contributed by atoms with van der Waals surface area (Å²) < 4.78 is 11.4. The normalized spacial score (nSPS) is 18.5. The van der Waals surface area contributed by atoms with Crippen LogP contribution in [0.5, 0.6) is 11.5 Å². The number of hydrogen-bond acceptors (Lipinski definition) is 4. The van der Waals surface area contributed by atoms with Crippen LogP contribution < -0.4 is 19.7 Å². The van der Waals surface area contributed by atoms with Gasteiger partial charge in [0.25, 0.3) is 0 Å². The van der Waals surface area contributed by atoms with Crippen LogP contribution in [0.15, 0.2) is 48.5 Å². The summed E-state index contributed by atoms with van der Waals surface area (Å²) in [6.07, 6.45) is 2.13. The van der Waals surface area contributed by atoms with Crippen molar-refractivity contribution in [1.82, 2.24) is 4.90 Å². The van der Waals surface area contributed by atoms with Crippen molar-refractivity contribution >= 4 is 23.3 Å². The number of likely N-dealkylation sites (tertiary alicyclic amines) is 1. The van der Waals surface area contributed by atoms with Gasteiger partial charge in [-0.2, -0.15) is 0 Å². The number of anilines is 2. The SMILES string of the molecule is CCOc1ccc(NC(=O)C2CCN(C(=O)N3CC(CC)Oc4ccccc43)CC2)cc1. The van der Waals surface area contributed by atoms with Gasteiger partial charge < -0.3 is 19.7 Å². The second-order valence-electron chi connectivity index (χ2n) is 8.22. The molecular weight excluding hydrogens is 406 g/mol. The van der Waals surface area contributed by atoms with E-state index in [1.165, 1.54) is 0 Å². The molecule has 1 atom stereocenters. The predicted octanol–water partition coefficient (Wildman–Crippen LogP) is 4.53. The molecule has 2 aromatic rings. The van der Waals surface area contributed by atoms with Gasteiger partial charge in [0.05, 0.1) is 18.8 Å². The number of nitrogens with zero attached hydrogens (tertiary/aromatic N) is 2. The van der Waals surface area contributed by atoms with E-state index in [1.807, 2.05) is 65.3 Å². The van der Waals surface area contributed by atoms with Crippen LogP contribution in [-0.2, 0) is 4.79 Å². The van der Waals surface area contributed by atoms with Gasteiger partial charge in [-0.1, -0.05) is 19.1 Å². The quantitative estimate of drug-likeness (QED) is 0.746. The molecule has 2 aromatic carbocycles. The van der Waals surface area contributed by atoms with Gasteiger partial charge in [0.1, 0.15) is 17.6 Å². The molecule has 2 aliphatic rings. The minimum atomic E-state index is -0.106. The Morgan fingerprint density at radius 1 is 1.06 bits per heavy atom. The number of benzene rings is 2. The first-order chi connectivity index (χ1) is 15.6. The van der Waals surface area contributed by atoms with Crippen molar-refractivity contribution in [2.45, 2.75) is 39.2 Å². The Hall–Kier alpha value is -3.22. The fraction of sp³-hybridized carbons (Fsp3) is 0.440. The van der Waals surface area contributed by atoms with Crippen LogP contribution >= 0.6 is 0 Å². The average molecular weight is 438 g/mol. The molecule has 0 aliphatic carbocycles. The summed E-state index contributed by atoms with van der Waals surface area (Å²) in [5.74, 6) is 1.44. The number of carbonyl (C=O) groups excluding carboxylic acids is 2. The Kier molecular flexibility index (Phi) is 6.83. The highest BCUT2D eigenvalue weighted by Gasteiger charge is 2.34. The number of piperidine rings is 1. The maximum atomic E-state index is 13.3. The summed E-state index contributed by atoms with van der Waals surface area (Å²) in [5, 5.41) is 2.99. The lowest BCUT2D eigenvalue weighted by Gasteiger charge is -2.39. The van der Waals surface area contributed by atoms with Gasteiger partial charge in [-0.15, -0.1) is 0 Å². The highest BCUT2D eigenvalue weighted by molar-refractivity contribution is 5.95. The fourth-order valence-corrected chi connectivity index (χ4v) is 4.24. The van der Waals surface area contributed by atoms with Gasteiger partial charge >= 0.3 is 6.03 Å². The Morgan fingerprint density at radius 3 is 2.47 bits per heavy atom. The molecule has 170 valence electrons. The van der Waals surface area contributed by atoms with E-state index in [9.17, 15) is 9.59 Å². The number of nitrogens with one attached hydrogen (secondary N) is 1. The zero-order chi connectivity index (χ0) is 22.5. The minimum absolute atomic E-state index is 0.00373. The number of hydrogen-bond donors (Lipinski definition) is 1. The second-order valence-corrected chi connectivity index (χ2v) is 8.22. The van der Waals surface area contributed by atoms with E-state index < -0.39 is 0 Å². The Labute approximate surface area is 189 Å². The van der Waals surface area contributed by atoms with E-state index in [0.717, 1.165) is 29.3 Å². The standard InChI is InChI=1S/C25H31N3O4/c1-3-20-17-28(22-7-5-6-8-23(22)32-20)25(30)27-15-13-18(14-16-27)24(29)26-19-9-11-21(12-10-19)31-4-2/h5-12,18,20H,3-4,13-17H2,1-2H3,(H,26,29). The topological polar surface area (TPSA) is 71.1 Å². The molecule has 7 heteroatoms. The number of fused-ring (bicyclic) bond motifs is 1. The summed E-state index contributed by atoms with van der Waals surface area (Å²) in [5.41, 5.74) is 1.57. The first kappa shape index (κ1) is 22.0. The van der Waals surface area contributed by atoms with Crippen LogP contribution in [0, 0.1) is 5.92 Å². The predicted molar refractivity (Wildman–Crippen MR) is 124 cm³/mol. The molecule has 0 bridgehead atoms. The zero-order valence-electron chi connectivity index (χ0n) is 18.8. The molecule has 0 aromatic heterocycles. The molecule has 0 radical (unpaired) electrons. The number of rotatable bonds is 5. The Bertz CT molecular complexity index is 938. The summed E-state index contributed by atoms with van der Waals surface area (Å²) >= 11 is 0. The summed E-state index contributed by atoms with van der Waals surface area (Å²) in [6.45, 7) is 6.29. The maximum absolute atomic E-state index is 13.3. The van der Waals surface area contributed by atoms with Gasteiger partial charge in [0, 0.05) is 24.7 Å². The number of urea groups is 1. The number of ether oxygens (including phenoxy) is 2. The Balaban J connectivity index is 1.34. The van der Waals surface area contributed by atoms with Crippen LogP contribution in [0.25, 0.3) is 0 Å². The van der Waals surface area contributed by atoms with Crippen LogP contribution in [-0.4, -0.2) is 49.2 Å². The van der Waals surface area contributed by atoms with Crippen molar-refractivity contribution < 1.29 is 19.1 Å². The molecule has 0 saturated carbocycles. The Morgan fingerprint density at radius 2 is 1.78 bits per heavy atom. The molecule has 7 nitrogen and oxygen atoms in total. The van der Waals surface area contributed by atoms with Crippen LogP contribution in [0.1, 0.15) is 33.1 Å². The molecule has 2 aliphatic heterocycles. The minimum Gasteiger partial charge on any atom is -0.494 e. The number of amides is 3. The van der Waals surface area contributed by atoms with Crippen LogP contribution in [0.3, 0.4) is 0 Å². The third-order valence-electron chi connectivity index (χ3n) is 6.09. The molecule has 1 unspecified atom stereocenters. The molecule has 2 heterocycles. The van der Waals surface area contributed by atoms with E-state index in [1.54, 1.807) is 0 Å². The van der Waals surface area contributed by atoms with E-state index in [-0.39, 0.29) is 24.0 Å². The van der Waals surface area contributed by atoms with Gasteiger partial charge in [0.2, 0.25) is 5.91 Å². The fourth-order valence-electron chi connectivity index (χ4n) is 4.24. The highest BCUT2D eigenvalue weighted by atomic mass is 16.5. The number of carbonyl (C=O) groups is 2. The molecule has 3 amide bonds. The molecular formula is C25H31N3O4. The van der Waals surface area contributed by atoms with Crippen LogP contribution in [0.2, 0.25) is 0 Å². The summed E-state index contributed by atoms with van der Waals surface area (Å²) in [7, 11) is 0. The summed E-state index contributed by atoms with van der Waals surface area (Å²) in [6, 6.07) is 15.1. The smallest absolute Gasteiger partial charge is 0.324 e. The van der Waals surface area contributed by atoms with E-state index >= 15 is 0 Å². The van der Waals surface area contributed by atoms with Gasteiger partial charge in [-0.25, -0.2) is 4.79 Å². The van der Waals surface area contributed by atoms with Gasteiger partial charge in [-0.3, -0.25) is 9.69 Å². The van der Waals surface area contributed by atoms with Crippen molar-refractivity contribution in [3.63, 3.8) is 0 Å². The highest BCUT2D eigenvalue weighted by Crippen LogP contribution is 2.35. The second kappa shape index (κ2) is 9.94. The maximum Gasteiger partial charge on any atom is 0.324 e. The number of para-hydroxylation sites is 2. The average Bonchev–Trinajstić information content (AvgIpc) is 2.84. The van der Waals surface area contributed by atoms with E-state index in [0.29, 0.717) is 39.1 Å². The largest absolute Gasteiger partial charge is 0.494 e. The van der Waals surface area contributed by atoms with Crippen molar-refractivity contribution in [1.29, 1.82) is 0 Å². The lowest BCUT2D eigenvalue weighted by atomic mass is 9.96. The monoisotopic (exact) mass is 437 g/mol. The molecule has 0 spiro atoms. The van der Waals surface area contributed by atoms with Gasteiger partial charge in [-0.05, 0) is 62.6 Å². The van der Waals surface area contributed by atoms with Crippen molar-refractivity contribution in [3.05, 3.63) is 48.5 Å². The molecule has 32 heavy (non-hydrogen) atoms. The van der Waals surface area contributed by atoms with E-state index in [4.69, 9.17) is 9.47 Å². The van der Waals surface area contributed by atoms with Crippen molar-refractivity contribution in [3.8, 4) is 11.5 Å². The first-order valence-corrected chi connectivity index (χ1v) is 11.4. The zero-order valence-corrected chi connectivity index (χ0v) is 18.8. The van der Waals surface area contributed by atoms with Crippen molar-refractivity contribution in [2.75, 3.05) is 36.5 Å². The van der Waals surface area contributed by atoms with E-state index in [2.05, 4.69) is 12.2 Å². The molecule has 1 fully saturated rings.